The highest BCUT2D eigenvalue weighted by molar-refractivity contribution is 6.06. The zero-order valence-electron chi connectivity index (χ0n) is 19.4. The van der Waals surface area contributed by atoms with E-state index in [2.05, 4.69) is 20.6 Å². The highest BCUT2D eigenvalue weighted by Gasteiger charge is 2.22. The van der Waals surface area contributed by atoms with Gasteiger partial charge in [0.1, 0.15) is 0 Å². The van der Waals surface area contributed by atoms with E-state index in [9.17, 15) is 9.59 Å². The van der Waals surface area contributed by atoms with Gasteiger partial charge in [-0.15, -0.1) is 0 Å². The number of rotatable bonds is 4. The van der Waals surface area contributed by atoms with Crippen LogP contribution in [0.1, 0.15) is 63.9 Å². The molecule has 176 valence electrons. The van der Waals surface area contributed by atoms with Gasteiger partial charge in [0.2, 0.25) is 0 Å². The van der Waals surface area contributed by atoms with E-state index < -0.39 is 0 Å². The molecule has 3 heterocycles. The molecule has 7 heteroatoms. The minimum atomic E-state index is -0.143. The standard InChI is InChI=1S/C27H31N5O2/c33-26(31-18-21-10-14-28-15-11-21)22-8-9-25-24(17-22)20-29-12-4-2-1-3-5-16-32(25)27(34)23-7-6-13-30-19-23/h6-11,13-15,17,19,29H,1-5,12,16,18,20H2,(H,31,33). The van der Waals surface area contributed by atoms with Crippen LogP contribution < -0.4 is 15.5 Å². The Balaban J connectivity index is 1.60. The lowest BCUT2D eigenvalue weighted by molar-refractivity contribution is 0.0949. The van der Waals surface area contributed by atoms with Crippen molar-refractivity contribution in [1.82, 2.24) is 20.6 Å². The largest absolute Gasteiger partial charge is 0.348 e. The summed E-state index contributed by atoms with van der Waals surface area (Å²) in [4.78, 5) is 36.3. The van der Waals surface area contributed by atoms with Crippen LogP contribution in [0.3, 0.4) is 0 Å². The van der Waals surface area contributed by atoms with Crippen molar-refractivity contribution in [3.63, 3.8) is 0 Å². The van der Waals surface area contributed by atoms with Gasteiger partial charge in [-0.2, -0.15) is 0 Å². The van der Waals surface area contributed by atoms with E-state index >= 15 is 0 Å². The van der Waals surface area contributed by atoms with Gasteiger partial charge in [0.25, 0.3) is 11.8 Å². The molecule has 0 atom stereocenters. The molecule has 2 N–H and O–H groups in total. The molecule has 2 amide bonds. The summed E-state index contributed by atoms with van der Waals surface area (Å²) in [7, 11) is 0. The van der Waals surface area contributed by atoms with Crippen molar-refractivity contribution >= 4 is 17.5 Å². The Morgan fingerprint density at radius 3 is 2.56 bits per heavy atom. The Labute approximate surface area is 200 Å². The summed E-state index contributed by atoms with van der Waals surface area (Å²) in [6.07, 6.45) is 12.2. The van der Waals surface area contributed by atoms with Gasteiger partial charge in [0.05, 0.1) is 5.56 Å². The molecule has 1 aromatic carbocycles. The maximum absolute atomic E-state index is 13.4. The lowest BCUT2D eigenvalue weighted by atomic mass is 10.0. The van der Waals surface area contributed by atoms with E-state index in [1.165, 1.54) is 12.8 Å². The van der Waals surface area contributed by atoms with Crippen molar-refractivity contribution in [3.8, 4) is 0 Å². The minimum absolute atomic E-state index is 0.0682. The molecule has 0 saturated heterocycles. The number of nitrogens with zero attached hydrogens (tertiary/aromatic N) is 3. The minimum Gasteiger partial charge on any atom is -0.348 e. The first-order valence-electron chi connectivity index (χ1n) is 11.9. The zero-order chi connectivity index (χ0) is 23.6. The van der Waals surface area contributed by atoms with Crippen molar-refractivity contribution in [2.75, 3.05) is 18.0 Å². The molecule has 2 aromatic heterocycles. The first kappa shape index (κ1) is 23.6. The molecule has 0 spiro atoms. The van der Waals surface area contributed by atoms with Crippen LogP contribution in [-0.2, 0) is 13.1 Å². The zero-order valence-corrected chi connectivity index (χ0v) is 19.4. The van der Waals surface area contributed by atoms with Crippen LogP contribution in [-0.4, -0.2) is 34.9 Å². The van der Waals surface area contributed by atoms with Gasteiger partial charge in [-0.1, -0.05) is 19.3 Å². The van der Waals surface area contributed by atoms with Crippen LogP contribution in [0.2, 0.25) is 0 Å². The van der Waals surface area contributed by atoms with Crippen LogP contribution in [0.5, 0.6) is 0 Å². The highest BCUT2D eigenvalue weighted by Crippen LogP contribution is 2.26. The van der Waals surface area contributed by atoms with Crippen molar-refractivity contribution < 1.29 is 9.59 Å². The van der Waals surface area contributed by atoms with Crippen LogP contribution in [0.4, 0.5) is 5.69 Å². The SMILES string of the molecule is O=C(NCc1ccncc1)c1ccc2c(c1)CNCCCCCCCN2C(=O)c1cccnc1. The summed E-state index contributed by atoms with van der Waals surface area (Å²) < 4.78 is 0. The molecular formula is C27H31N5O2. The fraction of sp³-hybridized carbons (Fsp3) is 0.333. The summed E-state index contributed by atoms with van der Waals surface area (Å²) >= 11 is 0. The predicted octanol–water partition coefficient (Wildman–Crippen LogP) is 4.11. The molecule has 0 fully saturated rings. The first-order chi connectivity index (χ1) is 16.7. The summed E-state index contributed by atoms with van der Waals surface area (Å²) in [6, 6.07) is 12.9. The second-order valence-corrected chi connectivity index (χ2v) is 8.52. The second-order valence-electron chi connectivity index (χ2n) is 8.52. The smallest absolute Gasteiger partial charge is 0.259 e. The fourth-order valence-electron chi connectivity index (χ4n) is 4.17. The van der Waals surface area contributed by atoms with Crippen LogP contribution in [0.25, 0.3) is 0 Å². The van der Waals surface area contributed by atoms with E-state index in [0.717, 1.165) is 42.6 Å². The van der Waals surface area contributed by atoms with Crippen LogP contribution >= 0.6 is 0 Å². The van der Waals surface area contributed by atoms with Crippen LogP contribution in [0.15, 0.2) is 67.3 Å². The number of amides is 2. The third kappa shape index (κ3) is 6.26. The number of benzene rings is 1. The molecule has 0 radical (unpaired) electrons. The Morgan fingerprint density at radius 2 is 1.74 bits per heavy atom. The normalized spacial score (nSPS) is 14.9. The van der Waals surface area contributed by atoms with Gasteiger partial charge in [-0.3, -0.25) is 19.6 Å². The summed E-state index contributed by atoms with van der Waals surface area (Å²) in [5.41, 5.74) is 3.91. The number of hydrogen-bond donors (Lipinski definition) is 2. The van der Waals surface area contributed by atoms with E-state index in [0.29, 0.717) is 30.8 Å². The number of pyridine rings is 2. The molecule has 4 rings (SSSR count). The first-order valence-corrected chi connectivity index (χ1v) is 11.9. The van der Waals surface area contributed by atoms with Gasteiger partial charge in [-0.05, 0) is 73.0 Å². The molecular weight excluding hydrogens is 426 g/mol. The molecule has 0 saturated carbocycles. The molecule has 1 aliphatic heterocycles. The molecule has 34 heavy (non-hydrogen) atoms. The van der Waals surface area contributed by atoms with Gasteiger partial charge in [0.15, 0.2) is 0 Å². The van der Waals surface area contributed by atoms with Crippen LogP contribution in [0, 0.1) is 0 Å². The predicted molar refractivity (Wildman–Crippen MR) is 133 cm³/mol. The average Bonchev–Trinajstić information content (AvgIpc) is 2.88. The number of nitrogens with one attached hydrogen (secondary N) is 2. The summed E-state index contributed by atoms with van der Waals surface area (Å²) in [6.45, 7) is 2.57. The third-order valence-corrected chi connectivity index (χ3v) is 6.04. The second kappa shape index (κ2) is 12.0. The number of carbonyl (C=O) groups excluding carboxylic acids is 2. The molecule has 0 bridgehead atoms. The monoisotopic (exact) mass is 457 g/mol. The van der Waals surface area contributed by atoms with Crippen molar-refractivity contribution in [1.29, 1.82) is 0 Å². The number of aromatic nitrogens is 2. The topological polar surface area (TPSA) is 87.2 Å². The molecule has 1 aliphatic rings. The molecule has 0 aliphatic carbocycles. The van der Waals surface area contributed by atoms with E-state index in [4.69, 9.17) is 0 Å². The van der Waals surface area contributed by atoms with Gasteiger partial charge in [-0.25, -0.2) is 0 Å². The Morgan fingerprint density at radius 1 is 0.912 bits per heavy atom. The maximum atomic E-state index is 13.4. The lowest BCUT2D eigenvalue weighted by Crippen LogP contribution is -2.34. The number of carbonyl (C=O) groups is 2. The Hall–Kier alpha value is -3.58. The Bertz CT molecular complexity index is 1090. The van der Waals surface area contributed by atoms with Gasteiger partial charge in [0, 0.05) is 55.7 Å². The Kier molecular flexibility index (Phi) is 8.35. The number of fused-ring (bicyclic) bond motifs is 1. The van der Waals surface area contributed by atoms with Gasteiger partial charge < -0.3 is 15.5 Å². The third-order valence-electron chi connectivity index (χ3n) is 6.04. The summed E-state index contributed by atoms with van der Waals surface area (Å²) in [5, 5.41) is 6.47. The van der Waals surface area contributed by atoms with E-state index in [1.807, 2.05) is 29.2 Å². The number of hydrogen-bond acceptors (Lipinski definition) is 5. The van der Waals surface area contributed by atoms with Crippen molar-refractivity contribution in [2.24, 2.45) is 0 Å². The van der Waals surface area contributed by atoms with Gasteiger partial charge >= 0.3 is 0 Å². The van der Waals surface area contributed by atoms with E-state index in [1.54, 1.807) is 43.0 Å². The fourth-order valence-corrected chi connectivity index (χ4v) is 4.17. The quantitative estimate of drug-likeness (QED) is 0.616. The summed E-state index contributed by atoms with van der Waals surface area (Å²) in [5.74, 6) is -0.211. The molecule has 0 unspecified atom stereocenters. The molecule has 3 aromatic rings. The van der Waals surface area contributed by atoms with E-state index in [-0.39, 0.29) is 11.8 Å². The maximum Gasteiger partial charge on any atom is 0.259 e. The molecule has 7 nitrogen and oxygen atoms in total. The van der Waals surface area contributed by atoms with Crippen molar-refractivity contribution in [2.45, 2.75) is 45.2 Å². The highest BCUT2D eigenvalue weighted by atomic mass is 16.2. The number of anilines is 1. The average molecular weight is 458 g/mol. The lowest BCUT2D eigenvalue weighted by Gasteiger charge is -2.26. The van der Waals surface area contributed by atoms with Crippen molar-refractivity contribution in [3.05, 3.63) is 89.5 Å².